The van der Waals surface area contributed by atoms with Gasteiger partial charge < -0.3 is 15.0 Å². The van der Waals surface area contributed by atoms with E-state index in [0.29, 0.717) is 72.0 Å². The van der Waals surface area contributed by atoms with Gasteiger partial charge in [-0.15, -0.1) is 0 Å². The van der Waals surface area contributed by atoms with E-state index in [1.54, 1.807) is 35.2 Å². The van der Waals surface area contributed by atoms with Crippen LogP contribution in [0.5, 0.6) is 5.75 Å². The number of amides is 2. The van der Waals surface area contributed by atoms with Crippen molar-refractivity contribution in [3.8, 4) is 5.75 Å². The number of ether oxygens (including phenoxy) is 1. The molecule has 1 fully saturated rings. The average molecular weight is 471 g/mol. The second-order valence-corrected chi connectivity index (χ2v) is 8.23. The summed E-state index contributed by atoms with van der Waals surface area (Å²) >= 11 is 17.8. The number of hydrogen-bond donors (Lipinski definition) is 1. The summed E-state index contributed by atoms with van der Waals surface area (Å²) in [6, 6.07) is 8.53. The number of carbonyl (C=O) groups excluding carboxylic acids is 2. The second kappa shape index (κ2) is 10.8. The maximum atomic E-state index is 12.4. The first-order chi connectivity index (χ1) is 14.4. The van der Waals surface area contributed by atoms with Gasteiger partial charge in [0.2, 0.25) is 11.8 Å². The summed E-state index contributed by atoms with van der Waals surface area (Å²) in [4.78, 5) is 30.7. The van der Waals surface area contributed by atoms with Gasteiger partial charge in [-0.1, -0.05) is 40.9 Å². The molecule has 1 N–H and O–H groups in total. The number of nitrogens with one attached hydrogen (secondary N) is 1. The van der Waals surface area contributed by atoms with Gasteiger partial charge in [-0.3, -0.25) is 9.59 Å². The number of benzene rings is 1. The molecule has 30 heavy (non-hydrogen) atoms. The summed E-state index contributed by atoms with van der Waals surface area (Å²) in [5.41, 5.74) is 0. The normalized spacial score (nSPS) is 14.4. The Hall–Kier alpha value is -2.02. The number of hydrogen-bond acceptors (Lipinski definition) is 4. The van der Waals surface area contributed by atoms with E-state index in [1.165, 1.54) is 6.20 Å². The van der Waals surface area contributed by atoms with Crippen LogP contribution in [0.3, 0.4) is 0 Å². The molecule has 2 aromatic rings. The topological polar surface area (TPSA) is 71.5 Å². The van der Waals surface area contributed by atoms with Crippen LogP contribution in [0.2, 0.25) is 15.1 Å². The van der Waals surface area contributed by atoms with E-state index < -0.39 is 0 Å². The lowest BCUT2D eigenvalue weighted by atomic mass is 9.95. The van der Waals surface area contributed by atoms with E-state index >= 15 is 0 Å². The monoisotopic (exact) mass is 469 g/mol. The number of pyridine rings is 1. The number of rotatable bonds is 7. The Kier molecular flexibility index (Phi) is 8.19. The molecule has 0 unspecified atom stereocenters. The molecule has 0 radical (unpaired) electrons. The van der Waals surface area contributed by atoms with Crippen molar-refractivity contribution in [2.75, 3.05) is 25.0 Å². The Balaban J connectivity index is 1.37. The molecule has 1 aromatic heterocycles. The fraction of sp³-hybridized carbons (Fsp3) is 0.381. The maximum Gasteiger partial charge on any atom is 0.228 e. The SMILES string of the molecule is O=C(Nc1ccc(Cl)cn1)C1CCN(C(=O)CCCOc2cccc(Cl)c2Cl)CC1. The van der Waals surface area contributed by atoms with Gasteiger partial charge in [-0.2, -0.15) is 0 Å². The zero-order chi connectivity index (χ0) is 21.5. The molecular formula is C21H22Cl3N3O3. The number of carbonyl (C=O) groups is 2. The third-order valence-corrected chi connectivity index (χ3v) is 5.93. The van der Waals surface area contributed by atoms with Gasteiger partial charge in [-0.05, 0) is 43.5 Å². The van der Waals surface area contributed by atoms with Crippen LogP contribution in [0.25, 0.3) is 0 Å². The molecule has 2 amide bonds. The summed E-state index contributed by atoms with van der Waals surface area (Å²) in [7, 11) is 0. The molecule has 0 bridgehead atoms. The van der Waals surface area contributed by atoms with Crippen LogP contribution in [-0.4, -0.2) is 41.4 Å². The Morgan fingerprint density at radius 1 is 1.13 bits per heavy atom. The van der Waals surface area contributed by atoms with Gasteiger partial charge in [0, 0.05) is 31.6 Å². The first-order valence-electron chi connectivity index (χ1n) is 9.71. The molecular weight excluding hydrogens is 449 g/mol. The van der Waals surface area contributed by atoms with Crippen LogP contribution in [0.1, 0.15) is 25.7 Å². The lowest BCUT2D eigenvalue weighted by Crippen LogP contribution is -2.41. The molecule has 1 saturated heterocycles. The van der Waals surface area contributed by atoms with E-state index in [2.05, 4.69) is 10.3 Å². The van der Waals surface area contributed by atoms with E-state index in [4.69, 9.17) is 39.5 Å². The first-order valence-corrected chi connectivity index (χ1v) is 10.8. The summed E-state index contributed by atoms with van der Waals surface area (Å²) in [5.74, 6) is 0.832. The summed E-state index contributed by atoms with van der Waals surface area (Å²) in [6.45, 7) is 1.50. The highest BCUT2D eigenvalue weighted by Crippen LogP contribution is 2.31. The van der Waals surface area contributed by atoms with Crippen molar-refractivity contribution in [3.63, 3.8) is 0 Å². The molecule has 1 aliphatic rings. The molecule has 3 rings (SSSR count). The Morgan fingerprint density at radius 3 is 2.60 bits per heavy atom. The van der Waals surface area contributed by atoms with Gasteiger partial charge in [0.1, 0.15) is 16.6 Å². The van der Waals surface area contributed by atoms with Crippen molar-refractivity contribution in [1.82, 2.24) is 9.88 Å². The third-order valence-electron chi connectivity index (χ3n) is 4.91. The minimum absolute atomic E-state index is 0.0639. The highest BCUT2D eigenvalue weighted by Gasteiger charge is 2.27. The summed E-state index contributed by atoms with van der Waals surface area (Å²) in [5, 5.41) is 4.12. The molecule has 0 spiro atoms. The molecule has 0 aliphatic carbocycles. The van der Waals surface area contributed by atoms with Crippen LogP contribution in [0.4, 0.5) is 5.82 Å². The largest absolute Gasteiger partial charge is 0.492 e. The molecule has 1 aromatic carbocycles. The van der Waals surface area contributed by atoms with Gasteiger partial charge in [0.15, 0.2) is 0 Å². The van der Waals surface area contributed by atoms with E-state index in [9.17, 15) is 9.59 Å². The molecule has 2 heterocycles. The van der Waals surface area contributed by atoms with Crippen molar-refractivity contribution < 1.29 is 14.3 Å². The fourth-order valence-electron chi connectivity index (χ4n) is 3.23. The average Bonchev–Trinajstić information content (AvgIpc) is 2.75. The molecule has 160 valence electrons. The number of nitrogens with zero attached hydrogens (tertiary/aromatic N) is 2. The summed E-state index contributed by atoms with van der Waals surface area (Å²) in [6.07, 6.45) is 3.69. The van der Waals surface area contributed by atoms with Crippen molar-refractivity contribution in [2.45, 2.75) is 25.7 Å². The van der Waals surface area contributed by atoms with Crippen molar-refractivity contribution in [2.24, 2.45) is 5.92 Å². The van der Waals surface area contributed by atoms with Crippen molar-refractivity contribution in [1.29, 1.82) is 0 Å². The number of anilines is 1. The number of likely N-dealkylation sites (tertiary alicyclic amines) is 1. The summed E-state index contributed by atoms with van der Waals surface area (Å²) < 4.78 is 5.61. The molecule has 0 atom stereocenters. The minimum Gasteiger partial charge on any atom is -0.492 e. The van der Waals surface area contributed by atoms with Crippen LogP contribution in [0, 0.1) is 5.92 Å². The fourth-order valence-corrected chi connectivity index (χ4v) is 3.69. The second-order valence-electron chi connectivity index (χ2n) is 7.01. The Bertz CT molecular complexity index is 885. The van der Waals surface area contributed by atoms with Gasteiger partial charge in [-0.25, -0.2) is 4.98 Å². The maximum absolute atomic E-state index is 12.4. The van der Waals surface area contributed by atoms with Crippen molar-refractivity contribution >= 4 is 52.4 Å². The van der Waals surface area contributed by atoms with Gasteiger partial charge >= 0.3 is 0 Å². The lowest BCUT2D eigenvalue weighted by molar-refractivity contribution is -0.134. The van der Waals surface area contributed by atoms with Crippen molar-refractivity contribution in [3.05, 3.63) is 51.6 Å². The number of halogens is 3. The third kappa shape index (κ3) is 6.24. The number of piperidine rings is 1. The molecule has 9 heteroatoms. The quantitative estimate of drug-likeness (QED) is 0.573. The van der Waals surface area contributed by atoms with Crippen LogP contribution < -0.4 is 10.1 Å². The minimum atomic E-state index is -0.139. The van der Waals surface area contributed by atoms with Crippen LogP contribution in [0.15, 0.2) is 36.5 Å². The molecule has 0 saturated carbocycles. The van der Waals surface area contributed by atoms with Crippen LogP contribution >= 0.6 is 34.8 Å². The van der Waals surface area contributed by atoms with E-state index in [-0.39, 0.29) is 17.7 Å². The van der Waals surface area contributed by atoms with E-state index in [1.807, 2.05) is 0 Å². The highest BCUT2D eigenvalue weighted by atomic mass is 35.5. The standard InChI is InChI=1S/C21H22Cl3N3O3/c22-15-6-7-18(25-13-15)26-21(29)14-8-10-27(11-9-14)19(28)5-2-12-30-17-4-1-3-16(23)20(17)24/h1,3-4,6-7,13-14H,2,5,8-12H2,(H,25,26,29). The first kappa shape index (κ1) is 22.7. The zero-order valence-electron chi connectivity index (χ0n) is 16.2. The highest BCUT2D eigenvalue weighted by molar-refractivity contribution is 6.42. The lowest BCUT2D eigenvalue weighted by Gasteiger charge is -2.31. The van der Waals surface area contributed by atoms with E-state index in [0.717, 1.165) is 0 Å². The van der Waals surface area contributed by atoms with Crippen LogP contribution in [-0.2, 0) is 9.59 Å². The van der Waals surface area contributed by atoms with Gasteiger partial charge in [0.25, 0.3) is 0 Å². The predicted octanol–water partition coefficient (Wildman–Crippen LogP) is 5.08. The predicted molar refractivity (Wildman–Crippen MR) is 118 cm³/mol. The Labute approximate surface area is 190 Å². The molecule has 1 aliphatic heterocycles. The zero-order valence-corrected chi connectivity index (χ0v) is 18.5. The Morgan fingerprint density at radius 2 is 1.90 bits per heavy atom. The van der Waals surface area contributed by atoms with Gasteiger partial charge in [0.05, 0.1) is 16.7 Å². The smallest absolute Gasteiger partial charge is 0.228 e. The number of aromatic nitrogens is 1. The molecule has 6 nitrogen and oxygen atoms in total.